The summed E-state index contributed by atoms with van der Waals surface area (Å²) in [6.45, 7) is 10.7. The van der Waals surface area contributed by atoms with Gasteiger partial charge in [-0.15, -0.1) is 0 Å². The highest BCUT2D eigenvalue weighted by Gasteiger charge is 2.23. The fourth-order valence-electron chi connectivity index (χ4n) is 2.57. The van der Waals surface area contributed by atoms with Gasteiger partial charge in [-0.1, -0.05) is 52.0 Å². The van der Waals surface area contributed by atoms with E-state index in [0.717, 1.165) is 16.7 Å². The van der Waals surface area contributed by atoms with Crippen LogP contribution < -0.4 is 16.0 Å². The minimum Gasteiger partial charge on any atom is -0.508 e. The first kappa shape index (κ1) is 22.0. The number of nitrogens with two attached hydrogens (primary N) is 1. The van der Waals surface area contributed by atoms with Crippen molar-refractivity contribution in [2.45, 2.75) is 46.1 Å². The van der Waals surface area contributed by atoms with Gasteiger partial charge in [-0.05, 0) is 41.8 Å². The van der Waals surface area contributed by atoms with Gasteiger partial charge in [0, 0.05) is 12.0 Å². The Morgan fingerprint density at radius 2 is 1.65 bits per heavy atom. The van der Waals surface area contributed by atoms with Gasteiger partial charge in [-0.25, -0.2) is 0 Å². The molecule has 0 amide bonds. The number of rotatable bonds is 7. The number of aliphatic hydroxyl groups excluding tert-OH is 1. The van der Waals surface area contributed by atoms with E-state index in [9.17, 15) is 10.2 Å². The fraction of sp³-hybridized carbons (Fsp3) is 0.429. The van der Waals surface area contributed by atoms with Gasteiger partial charge in [0.25, 0.3) is 0 Å². The van der Waals surface area contributed by atoms with Crippen LogP contribution in [0.4, 0.5) is 0 Å². The lowest BCUT2D eigenvalue weighted by Gasteiger charge is -2.27. The van der Waals surface area contributed by atoms with Crippen LogP contribution in [0.2, 0.25) is 0 Å². The average Bonchev–Trinajstić information content (AvgIpc) is 2.64. The molecule has 5 heteroatoms. The van der Waals surface area contributed by atoms with E-state index >= 15 is 0 Å². The first-order valence-electron chi connectivity index (χ1n) is 8.99. The number of aryl methyl sites for hydroxylation is 1. The Kier molecular flexibility index (Phi) is 8.58. The number of phenolic OH excluding ortho intramolecular Hbond substituents is 1. The van der Waals surface area contributed by atoms with Crippen LogP contribution in [0.3, 0.4) is 0 Å². The van der Waals surface area contributed by atoms with Crippen LogP contribution in [-0.4, -0.2) is 29.5 Å². The molecule has 2 aromatic rings. The summed E-state index contributed by atoms with van der Waals surface area (Å²) in [5.74, 6) is 6.17. The monoisotopic (exact) mass is 360 g/mol. The van der Waals surface area contributed by atoms with Gasteiger partial charge in [0.15, 0.2) is 0 Å². The van der Waals surface area contributed by atoms with Crippen molar-refractivity contribution in [3.8, 4) is 11.5 Å². The molecule has 144 valence electrons. The number of nitrogens with one attached hydrogen (secondary N) is 1. The summed E-state index contributed by atoms with van der Waals surface area (Å²) < 4.78 is 5.55. The molecule has 0 bridgehead atoms. The molecule has 0 aromatic heterocycles. The van der Waals surface area contributed by atoms with Gasteiger partial charge in [0.1, 0.15) is 24.2 Å². The SMILES string of the molecule is CC.Cc1cc(C(C)(C)c2ccc(OCC(O)CNN)cc2)ccc1O. The van der Waals surface area contributed by atoms with Crippen LogP contribution in [0.25, 0.3) is 0 Å². The van der Waals surface area contributed by atoms with E-state index in [1.807, 2.05) is 57.2 Å². The maximum atomic E-state index is 9.71. The van der Waals surface area contributed by atoms with Gasteiger partial charge < -0.3 is 14.9 Å². The number of aliphatic hydroxyl groups is 1. The van der Waals surface area contributed by atoms with Crippen molar-refractivity contribution in [3.05, 3.63) is 59.2 Å². The van der Waals surface area contributed by atoms with E-state index in [2.05, 4.69) is 19.3 Å². The molecule has 5 N–H and O–H groups in total. The molecular formula is C21H32N2O3. The third-order valence-electron chi connectivity index (χ3n) is 4.29. The number of ether oxygens (including phenoxy) is 1. The molecule has 0 aliphatic rings. The summed E-state index contributed by atoms with van der Waals surface area (Å²) in [6, 6.07) is 13.5. The second-order valence-corrected chi connectivity index (χ2v) is 6.52. The predicted molar refractivity (Wildman–Crippen MR) is 106 cm³/mol. The highest BCUT2D eigenvalue weighted by Crippen LogP contribution is 2.34. The second-order valence-electron chi connectivity index (χ2n) is 6.52. The van der Waals surface area contributed by atoms with E-state index in [-0.39, 0.29) is 18.6 Å². The van der Waals surface area contributed by atoms with Crippen molar-refractivity contribution in [2.24, 2.45) is 5.84 Å². The van der Waals surface area contributed by atoms with Crippen molar-refractivity contribution < 1.29 is 14.9 Å². The number of hydrogen-bond donors (Lipinski definition) is 4. The van der Waals surface area contributed by atoms with Gasteiger partial charge in [-0.2, -0.15) is 0 Å². The van der Waals surface area contributed by atoms with Crippen molar-refractivity contribution in [1.82, 2.24) is 5.43 Å². The molecule has 2 aromatic carbocycles. The summed E-state index contributed by atoms with van der Waals surface area (Å²) >= 11 is 0. The number of aromatic hydroxyl groups is 1. The van der Waals surface area contributed by atoms with E-state index in [4.69, 9.17) is 10.6 Å². The zero-order valence-corrected chi connectivity index (χ0v) is 16.4. The van der Waals surface area contributed by atoms with Gasteiger partial charge >= 0.3 is 0 Å². The molecule has 0 saturated heterocycles. The fourth-order valence-corrected chi connectivity index (χ4v) is 2.57. The highest BCUT2D eigenvalue weighted by molar-refractivity contribution is 5.44. The van der Waals surface area contributed by atoms with Crippen molar-refractivity contribution >= 4 is 0 Å². The number of hydrazine groups is 1. The van der Waals surface area contributed by atoms with Crippen LogP contribution in [0.15, 0.2) is 42.5 Å². The highest BCUT2D eigenvalue weighted by atomic mass is 16.5. The summed E-state index contributed by atoms with van der Waals surface area (Å²) in [5, 5.41) is 19.3. The second kappa shape index (κ2) is 10.2. The first-order valence-corrected chi connectivity index (χ1v) is 8.99. The van der Waals surface area contributed by atoms with E-state index in [1.54, 1.807) is 6.07 Å². The standard InChI is InChI=1S/C19H26N2O3.C2H6/c1-13-10-15(6-9-18(13)23)19(2,3)14-4-7-17(8-5-14)24-12-16(22)11-21-20;1-2/h4-10,16,21-23H,11-12,20H2,1-3H3;1-2H3. The summed E-state index contributed by atoms with van der Waals surface area (Å²) in [7, 11) is 0. The molecule has 0 aliphatic carbocycles. The maximum Gasteiger partial charge on any atom is 0.119 e. The van der Waals surface area contributed by atoms with Crippen LogP contribution in [0.1, 0.15) is 44.4 Å². The molecule has 5 nitrogen and oxygen atoms in total. The van der Waals surface area contributed by atoms with Crippen molar-refractivity contribution in [1.29, 1.82) is 0 Å². The Balaban J connectivity index is 0.00000163. The lowest BCUT2D eigenvalue weighted by molar-refractivity contribution is 0.106. The maximum absolute atomic E-state index is 9.71. The summed E-state index contributed by atoms with van der Waals surface area (Å²) in [4.78, 5) is 0. The van der Waals surface area contributed by atoms with E-state index in [1.165, 1.54) is 0 Å². The quantitative estimate of drug-likeness (QED) is 0.450. The Bertz CT molecular complexity index is 669. The molecule has 1 unspecified atom stereocenters. The van der Waals surface area contributed by atoms with Crippen molar-refractivity contribution in [2.75, 3.05) is 13.2 Å². The Morgan fingerprint density at radius 3 is 2.19 bits per heavy atom. The van der Waals surface area contributed by atoms with Crippen LogP contribution >= 0.6 is 0 Å². The van der Waals surface area contributed by atoms with Gasteiger partial charge in [0.05, 0.1) is 0 Å². The normalized spacial score (nSPS) is 12.1. The van der Waals surface area contributed by atoms with Gasteiger partial charge in [0.2, 0.25) is 0 Å². The molecule has 2 rings (SSSR count). The molecule has 1 atom stereocenters. The number of hydrogen-bond acceptors (Lipinski definition) is 5. The zero-order valence-electron chi connectivity index (χ0n) is 16.4. The Hall–Kier alpha value is -2.08. The Labute approximate surface area is 156 Å². The minimum absolute atomic E-state index is 0.185. The third-order valence-corrected chi connectivity index (χ3v) is 4.29. The van der Waals surface area contributed by atoms with Crippen molar-refractivity contribution in [3.63, 3.8) is 0 Å². The first-order chi connectivity index (χ1) is 12.3. The molecule has 26 heavy (non-hydrogen) atoms. The minimum atomic E-state index is -0.647. The molecule has 0 fully saturated rings. The smallest absolute Gasteiger partial charge is 0.119 e. The van der Waals surface area contributed by atoms with E-state index in [0.29, 0.717) is 11.5 Å². The molecule has 0 radical (unpaired) electrons. The lowest BCUT2D eigenvalue weighted by atomic mass is 9.77. The van der Waals surface area contributed by atoms with Crippen LogP contribution in [-0.2, 0) is 5.41 Å². The molecule has 0 aliphatic heterocycles. The van der Waals surface area contributed by atoms with Crippen LogP contribution in [0, 0.1) is 6.92 Å². The third kappa shape index (κ3) is 5.73. The molecule has 0 heterocycles. The molecule has 0 saturated carbocycles. The molecular weight excluding hydrogens is 328 g/mol. The van der Waals surface area contributed by atoms with Gasteiger partial charge in [-0.3, -0.25) is 11.3 Å². The molecule has 0 spiro atoms. The van der Waals surface area contributed by atoms with E-state index < -0.39 is 6.10 Å². The zero-order chi connectivity index (χ0) is 19.7. The van der Waals surface area contributed by atoms with Crippen LogP contribution in [0.5, 0.6) is 11.5 Å². The predicted octanol–water partition coefficient (Wildman–Crippen LogP) is 3.26. The lowest BCUT2D eigenvalue weighted by Crippen LogP contribution is -2.35. The summed E-state index contributed by atoms with van der Waals surface area (Å²) in [5.41, 5.74) is 5.36. The number of benzene rings is 2. The topological polar surface area (TPSA) is 87.7 Å². The number of phenols is 1. The Morgan fingerprint density at radius 1 is 1.08 bits per heavy atom. The largest absolute Gasteiger partial charge is 0.508 e. The summed E-state index contributed by atoms with van der Waals surface area (Å²) in [6.07, 6.45) is -0.647. The average molecular weight is 360 g/mol.